The van der Waals surface area contributed by atoms with Gasteiger partial charge in [0.1, 0.15) is 4.60 Å². The highest BCUT2D eigenvalue weighted by atomic mass is 79.9. The van der Waals surface area contributed by atoms with Crippen LogP contribution in [0.15, 0.2) is 22.9 Å². The number of aromatic nitrogens is 1. The number of nitrogens with zero attached hydrogens (tertiary/aromatic N) is 1. The second-order valence-electron chi connectivity index (χ2n) is 3.59. The van der Waals surface area contributed by atoms with Gasteiger partial charge in [0, 0.05) is 11.8 Å². The molecule has 0 radical (unpaired) electrons. The molecule has 0 spiro atoms. The zero-order chi connectivity index (χ0) is 11.5. The van der Waals surface area contributed by atoms with E-state index < -0.39 is 5.54 Å². The molecule has 0 unspecified atom stereocenters. The van der Waals surface area contributed by atoms with Crippen molar-refractivity contribution in [2.75, 3.05) is 0 Å². The fraction of sp³-hybridized carbons (Fsp3) is 0.273. The smallest absolute Gasteiger partial charge is 0.252 e. The summed E-state index contributed by atoms with van der Waals surface area (Å²) >= 11 is 3.20. The molecule has 1 aromatic heterocycles. The monoisotopic (exact) mass is 266 g/mol. The molecule has 1 heterocycles. The normalized spacial score (nSPS) is 10.5. The number of hydrogen-bond acceptors (Lipinski definition) is 2. The molecular formula is C11H11BrN2O. The first kappa shape index (κ1) is 11.7. The maximum Gasteiger partial charge on any atom is 0.252 e. The van der Waals surface area contributed by atoms with Crippen LogP contribution in [0.3, 0.4) is 0 Å². The molecule has 15 heavy (non-hydrogen) atoms. The zero-order valence-corrected chi connectivity index (χ0v) is 10.1. The van der Waals surface area contributed by atoms with Crippen LogP contribution in [0.25, 0.3) is 0 Å². The van der Waals surface area contributed by atoms with Gasteiger partial charge in [-0.3, -0.25) is 4.79 Å². The first-order chi connectivity index (χ1) is 6.94. The Hall–Kier alpha value is -1.34. The van der Waals surface area contributed by atoms with Crippen molar-refractivity contribution in [3.8, 4) is 12.3 Å². The van der Waals surface area contributed by atoms with E-state index in [1.165, 1.54) is 0 Å². The Balaban J connectivity index is 2.84. The van der Waals surface area contributed by atoms with Crippen LogP contribution in [0, 0.1) is 12.3 Å². The minimum atomic E-state index is -0.646. The Morgan fingerprint density at radius 2 is 2.33 bits per heavy atom. The van der Waals surface area contributed by atoms with Crippen molar-refractivity contribution >= 4 is 21.8 Å². The number of rotatable bonds is 2. The lowest BCUT2D eigenvalue weighted by Crippen LogP contribution is -2.42. The summed E-state index contributed by atoms with van der Waals surface area (Å²) in [6, 6.07) is 3.27. The zero-order valence-electron chi connectivity index (χ0n) is 8.54. The molecule has 0 atom stereocenters. The lowest BCUT2D eigenvalue weighted by molar-refractivity contribution is 0.0929. The Morgan fingerprint density at radius 1 is 1.67 bits per heavy atom. The number of hydrogen-bond donors (Lipinski definition) is 1. The molecule has 1 N–H and O–H groups in total. The lowest BCUT2D eigenvalue weighted by Gasteiger charge is -2.19. The predicted octanol–water partition coefficient (Wildman–Crippen LogP) is 1.99. The second-order valence-corrected chi connectivity index (χ2v) is 4.40. The largest absolute Gasteiger partial charge is 0.336 e. The first-order valence-corrected chi connectivity index (χ1v) is 5.16. The molecule has 1 rings (SSSR count). The van der Waals surface area contributed by atoms with E-state index in [2.05, 4.69) is 32.2 Å². The SMILES string of the molecule is C#CC(C)(C)NC(=O)c1ccnc(Br)c1. The number of amides is 1. The lowest BCUT2D eigenvalue weighted by atomic mass is 10.1. The minimum absolute atomic E-state index is 0.207. The van der Waals surface area contributed by atoms with E-state index in [4.69, 9.17) is 6.42 Å². The molecule has 4 heteroatoms. The molecule has 1 amide bonds. The van der Waals surface area contributed by atoms with Crippen LogP contribution in [0.4, 0.5) is 0 Å². The van der Waals surface area contributed by atoms with Crippen LogP contribution in [-0.2, 0) is 0 Å². The molecule has 0 saturated heterocycles. The van der Waals surface area contributed by atoms with E-state index in [9.17, 15) is 4.79 Å². The Kier molecular flexibility index (Phi) is 3.48. The Morgan fingerprint density at radius 3 is 2.87 bits per heavy atom. The van der Waals surface area contributed by atoms with Crippen LogP contribution < -0.4 is 5.32 Å². The van der Waals surface area contributed by atoms with Gasteiger partial charge in [-0.25, -0.2) is 4.98 Å². The maximum atomic E-state index is 11.7. The molecule has 0 saturated carbocycles. The number of nitrogens with one attached hydrogen (secondary N) is 1. The third kappa shape index (κ3) is 3.37. The van der Waals surface area contributed by atoms with Gasteiger partial charge < -0.3 is 5.32 Å². The summed E-state index contributed by atoms with van der Waals surface area (Å²) in [6.45, 7) is 3.53. The third-order valence-corrected chi connectivity index (χ3v) is 2.21. The van der Waals surface area contributed by atoms with Crippen LogP contribution in [0.2, 0.25) is 0 Å². The summed E-state index contributed by atoms with van der Waals surface area (Å²) in [5.74, 6) is 2.29. The molecule has 0 aliphatic rings. The highest BCUT2D eigenvalue weighted by Gasteiger charge is 2.17. The molecule has 0 aliphatic heterocycles. The highest BCUT2D eigenvalue weighted by molar-refractivity contribution is 9.10. The molecule has 0 fully saturated rings. The summed E-state index contributed by atoms with van der Waals surface area (Å²) in [4.78, 5) is 15.7. The number of pyridine rings is 1. The number of carbonyl (C=O) groups excluding carboxylic acids is 1. The molecule has 0 bridgehead atoms. The van der Waals surface area contributed by atoms with Crippen molar-refractivity contribution in [1.29, 1.82) is 0 Å². The highest BCUT2D eigenvalue weighted by Crippen LogP contribution is 2.09. The topological polar surface area (TPSA) is 42.0 Å². The van der Waals surface area contributed by atoms with E-state index in [1.807, 2.05) is 0 Å². The van der Waals surface area contributed by atoms with Crippen LogP contribution in [0.5, 0.6) is 0 Å². The van der Waals surface area contributed by atoms with Crippen LogP contribution >= 0.6 is 15.9 Å². The fourth-order valence-electron chi connectivity index (χ4n) is 0.936. The molecule has 0 aromatic carbocycles. The van der Waals surface area contributed by atoms with Gasteiger partial charge >= 0.3 is 0 Å². The number of halogens is 1. The van der Waals surface area contributed by atoms with Crippen molar-refractivity contribution in [1.82, 2.24) is 10.3 Å². The van der Waals surface area contributed by atoms with Crippen LogP contribution in [-0.4, -0.2) is 16.4 Å². The van der Waals surface area contributed by atoms with Crippen molar-refractivity contribution in [3.05, 3.63) is 28.5 Å². The average Bonchev–Trinajstić information content (AvgIpc) is 2.17. The quantitative estimate of drug-likeness (QED) is 0.657. The molecule has 0 aliphatic carbocycles. The van der Waals surface area contributed by atoms with Crippen molar-refractivity contribution in [2.24, 2.45) is 0 Å². The minimum Gasteiger partial charge on any atom is -0.336 e. The second kappa shape index (κ2) is 4.45. The summed E-state index contributed by atoms with van der Waals surface area (Å²) in [5.41, 5.74) is -0.118. The summed E-state index contributed by atoms with van der Waals surface area (Å²) in [5, 5.41) is 2.73. The average molecular weight is 267 g/mol. The van der Waals surface area contributed by atoms with Gasteiger partial charge in [0.05, 0.1) is 5.54 Å². The third-order valence-electron chi connectivity index (χ3n) is 1.78. The van der Waals surface area contributed by atoms with Crippen LogP contribution in [0.1, 0.15) is 24.2 Å². The van der Waals surface area contributed by atoms with Gasteiger partial charge in [0.15, 0.2) is 0 Å². The van der Waals surface area contributed by atoms with E-state index in [0.717, 1.165) is 0 Å². The Bertz CT molecular complexity index is 421. The summed E-state index contributed by atoms with van der Waals surface area (Å²) in [7, 11) is 0. The molecule has 3 nitrogen and oxygen atoms in total. The first-order valence-electron chi connectivity index (χ1n) is 4.36. The maximum absolute atomic E-state index is 11.7. The molecule has 1 aromatic rings. The van der Waals surface area contributed by atoms with Gasteiger partial charge in [-0.2, -0.15) is 0 Å². The van der Waals surface area contributed by atoms with E-state index in [0.29, 0.717) is 10.2 Å². The molecular weight excluding hydrogens is 256 g/mol. The van der Waals surface area contributed by atoms with Gasteiger partial charge in [-0.05, 0) is 41.9 Å². The van der Waals surface area contributed by atoms with E-state index in [1.54, 1.807) is 32.2 Å². The number of terminal acetylenes is 1. The van der Waals surface area contributed by atoms with Gasteiger partial charge in [0.2, 0.25) is 0 Å². The Labute approximate surface area is 97.4 Å². The van der Waals surface area contributed by atoms with Crippen molar-refractivity contribution < 1.29 is 4.79 Å². The predicted molar refractivity (Wildman–Crippen MR) is 62.3 cm³/mol. The van der Waals surface area contributed by atoms with Gasteiger partial charge in [0.25, 0.3) is 5.91 Å². The van der Waals surface area contributed by atoms with E-state index in [-0.39, 0.29) is 5.91 Å². The fourth-order valence-corrected chi connectivity index (χ4v) is 1.30. The van der Waals surface area contributed by atoms with Crippen molar-refractivity contribution in [3.63, 3.8) is 0 Å². The molecule has 78 valence electrons. The summed E-state index contributed by atoms with van der Waals surface area (Å²) < 4.78 is 0.619. The summed E-state index contributed by atoms with van der Waals surface area (Å²) in [6.07, 6.45) is 6.83. The van der Waals surface area contributed by atoms with Gasteiger partial charge in [-0.1, -0.05) is 5.92 Å². The number of carbonyl (C=O) groups is 1. The van der Waals surface area contributed by atoms with Crippen molar-refractivity contribution in [2.45, 2.75) is 19.4 Å². The van der Waals surface area contributed by atoms with E-state index >= 15 is 0 Å². The van der Waals surface area contributed by atoms with Gasteiger partial charge in [-0.15, -0.1) is 6.42 Å². The standard InChI is InChI=1S/C11H11BrN2O/c1-4-11(2,3)14-10(15)8-5-6-13-9(12)7-8/h1,5-7H,2-3H3,(H,14,15).